The van der Waals surface area contributed by atoms with Crippen LogP contribution in [0.4, 0.5) is 0 Å². The lowest BCUT2D eigenvalue weighted by Crippen LogP contribution is -2.43. The number of aliphatic carboxylic acids is 1. The molecule has 8 nitrogen and oxygen atoms in total. The molecule has 4 rings (SSSR count). The molecule has 3 N–H and O–H groups in total. The number of carbonyl (C=O) groups is 2. The first-order chi connectivity index (χ1) is 18.5. The fourth-order valence-corrected chi connectivity index (χ4v) is 4.29. The number of hydrogen-bond acceptors (Lipinski definition) is 5. The second-order valence-corrected chi connectivity index (χ2v) is 8.89. The molecule has 0 aliphatic carbocycles. The summed E-state index contributed by atoms with van der Waals surface area (Å²) in [5.74, 6) is -0.394. The first-order valence-corrected chi connectivity index (χ1v) is 12.5. The maximum atomic E-state index is 12.6. The van der Waals surface area contributed by atoms with Crippen LogP contribution in [-0.4, -0.2) is 51.4 Å². The van der Waals surface area contributed by atoms with Crippen LogP contribution in [0.25, 0.3) is 23.2 Å². The van der Waals surface area contributed by atoms with Gasteiger partial charge >= 0.3 is 5.97 Å². The minimum atomic E-state index is -1.38. The highest BCUT2D eigenvalue weighted by molar-refractivity contribution is 5.99. The van der Waals surface area contributed by atoms with Crippen molar-refractivity contribution in [3.8, 4) is 5.75 Å². The molecule has 1 unspecified atom stereocenters. The predicted molar refractivity (Wildman–Crippen MR) is 147 cm³/mol. The fraction of sp³-hybridized carbons (Fsp3) is 0.233. The maximum absolute atomic E-state index is 12.6. The minimum absolute atomic E-state index is 0.270. The number of carbonyl (C=O) groups excluding carboxylic acids is 1. The summed E-state index contributed by atoms with van der Waals surface area (Å²) in [5.41, 5.74) is 3.99. The first kappa shape index (κ1) is 26.6. The van der Waals surface area contributed by atoms with Crippen LogP contribution in [0.2, 0.25) is 0 Å². The average molecular weight is 514 g/mol. The van der Waals surface area contributed by atoms with Crippen molar-refractivity contribution in [3.63, 3.8) is 0 Å². The molecule has 1 atom stereocenters. The lowest BCUT2D eigenvalue weighted by molar-refractivity contribution is -0.140. The van der Waals surface area contributed by atoms with E-state index in [1.165, 1.54) is 5.56 Å². The van der Waals surface area contributed by atoms with E-state index in [9.17, 15) is 14.7 Å². The van der Waals surface area contributed by atoms with Crippen molar-refractivity contribution >= 4 is 35.1 Å². The molecule has 0 radical (unpaired) electrons. The Morgan fingerprint density at radius 1 is 1.03 bits per heavy atom. The van der Waals surface area contributed by atoms with Gasteiger partial charge in [-0.25, -0.2) is 9.78 Å². The summed E-state index contributed by atoms with van der Waals surface area (Å²) in [7, 11) is 1.63. The van der Waals surface area contributed by atoms with Crippen LogP contribution in [0.15, 0.2) is 72.8 Å². The number of aromatic nitrogens is 2. The Bertz CT molecular complexity index is 1430. The summed E-state index contributed by atoms with van der Waals surface area (Å²) in [6, 6.07) is 21.8. The molecule has 0 fully saturated rings. The SMILES string of the molecule is COc1ccccc1C=Cc1nc2cc(C(=O)NC(CO)C(=O)O)ccc2n1CCCCc1ccccc1. The van der Waals surface area contributed by atoms with Crippen molar-refractivity contribution in [1.82, 2.24) is 14.9 Å². The Balaban J connectivity index is 1.61. The molecule has 0 bridgehead atoms. The van der Waals surface area contributed by atoms with Gasteiger partial charge in [-0.3, -0.25) is 4.79 Å². The summed E-state index contributed by atoms with van der Waals surface area (Å²) < 4.78 is 7.59. The van der Waals surface area contributed by atoms with Gasteiger partial charge in [0.1, 0.15) is 11.6 Å². The number of aliphatic hydroxyl groups is 1. The Morgan fingerprint density at radius 3 is 2.53 bits per heavy atom. The van der Waals surface area contributed by atoms with E-state index in [1.54, 1.807) is 19.2 Å². The largest absolute Gasteiger partial charge is 0.496 e. The van der Waals surface area contributed by atoms with Crippen LogP contribution in [0, 0.1) is 0 Å². The van der Waals surface area contributed by atoms with Gasteiger partial charge in [0.2, 0.25) is 0 Å². The van der Waals surface area contributed by atoms with E-state index in [1.807, 2.05) is 60.7 Å². The van der Waals surface area contributed by atoms with E-state index >= 15 is 0 Å². The summed E-state index contributed by atoms with van der Waals surface area (Å²) in [6.45, 7) is 0.0465. The number of ether oxygens (including phenoxy) is 1. The lowest BCUT2D eigenvalue weighted by atomic mass is 10.1. The van der Waals surface area contributed by atoms with E-state index in [-0.39, 0.29) is 5.56 Å². The van der Waals surface area contributed by atoms with E-state index in [4.69, 9.17) is 14.8 Å². The minimum Gasteiger partial charge on any atom is -0.496 e. The zero-order valence-electron chi connectivity index (χ0n) is 21.2. The highest BCUT2D eigenvalue weighted by atomic mass is 16.5. The van der Waals surface area contributed by atoms with Crippen LogP contribution in [0.1, 0.15) is 40.2 Å². The number of carboxylic acid groups (broad SMARTS) is 1. The Labute approximate surface area is 221 Å². The van der Waals surface area contributed by atoms with Gasteiger partial charge in [-0.2, -0.15) is 0 Å². The zero-order valence-corrected chi connectivity index (χ0v) is 21.2. The Kier molecular flexibility index (Phi) is 8.89. The van der Waals surface area contributed by atoms with Crippen LogP contribution in [0.3, 0.4) is 0 Å². The number of imidazole rings is 1. The monoisotopic (exact) mass is 513 g/mol. The van der Waals surface area contributed by atoms with Crippen molar-refractivity contribution < 1.29 is 24.5 Å². The number of methoxy groups -OCH3 is 1. The molecular formula is C30H31N3O5. The number of hydrogen-bond donors (Lipinski definition) is 3. The third kappa shape index (κ3) is 6.46. The van der Waals surface area contributed by atoms with Gasteiger partial charge in [-0.15, -0.1) is 0 Å². The smallest absolute Gasteiger partial charge is 0.328 e. The molecular weight excluding hydrogens is 482 g/mol. The molecule has 196 valence electrons. The van der Waals surface area contributed by atoms with Crippen molar-refractivity contribution in [2.45, 2.75) is 31.8 Å². The molecule has 0 aliphatic rings. The fourth-order valence-electron chi connectivity index (χ4n) is 4.29. The molecule has 38 heavy (non-hydrogen) atoms. The highest BCUT2D eigenvalue weighted by Crippen LogP contribution is 2.24. The molecule has 1 aromatic heterocycles. The number of aryl methyl sites for hydroxylation is 2. The average Bonchev–Trinajstić information content (AvgIpc) is 3.29. The molecule has 3 aromatic carbocycles. The standard InChI is InChI=1S/C30H31N3O5/c1-38-27-13-6-5-12-22(27)15-17-28-31-24-19-23(29(35)32-25(20-34)30(36)37)14-16-26(24)33(28)18-8-7-11-21-9-3-2-4-10-21/h2-6,9-10,12-17,19,25,34H,7-8,11,18,20H2,1H3,(H,32,35)(H,36,37). The molecule has 4 aromatic rings. The van der Waals surface area contributed by atoms with Crippen LogP contribution in [0.5, 0.6) is 5.75 Å². The van der Waals surface area contributed by atoms with Gasteiger partial charge in [-0.1, -0.05) is 48.5 Å². The first-order valence-electron chi connectivity index (χ1n) is 12.5. The van der Waals surface area contributed by atoms with Gasteiger partial charge in [0.15, 0.2) is 6.04 Å². The summed E-state index contributed by atoms with van der Waals surface area (Å²) in [4.78, 5) is 28.6. The van der Waals surface area contributed by atoms with E-state index in [0.717, 1.165) is 48.5 Å². The molecule has 0 saturated heterocycles. The van der Waals surface area contributed by atoms with Crippen molar-refractivity contribution in [2.24, 2.45) is 0 Å². The van der Waals surface area contributed by atoms with Crippen molar-refractivity contribution in [2.75, 3.05) is 13.7 Å². The molecule has 1 heterocycles. The number of unbranched alkanes of at least 4 members (excludes halogenated alkanes) is 1. The van der Waals surface area contributed by atoms with Crippen LogP contribution in [-0.2, 0) is 17.8 Å². The van der Waals surface area contributed by atoms with Gasteiger partial charge in [-0.05, 0) is 61.2 Å². The number of fused-ring (bicyclic) bond motifs is 1. The van der Waals surface area contributed by atoms with Crippen LogP contribution >= 0.6 is 0 Å². The number of nitrogens with one attached hydrogen (secondary N) is 1. The van der Waals surface area contributed by atoms with Gasteiger partial charge in [0.05, 0.1) is 24.8 Å². The summed E-state index contributed by atoms with van der Waals surface area (Å²) in [5, 5.41) is 20.7. The number of nitrogens with zero attached hydrogens (tertiary/aromatic N) is 2. The lowest BCUT2D eigenvalue weighted by Gasteiger charge is -2.11. The van der Waals surface area contributed by atoms with Gasteiger partial charge < -0.3 is 24.8 Å². The summed E-state index contributed by atoms with van der Waals surface area (Å²) in [6.07, 6.45) is 6.82. The topological polar surface area (TPSA) is 114 Å². The number of amides is 1. The maximum Gasteiger partial charge on any atom is 0.328 e. The van der Waals surface area contributed by atoms with Gasteiger partial charge in [0, 0.05) is 17.7 Å². The zero-order chi connectivity index (χ0) is 26.9. The van der Waals surface area contributed by atoms with Crippen molar-refractivity contribution in [3.05, 3.63) is 95.3 Å². The van der Waals surface area contributed by atoms with E-state index in [2.05, 4.69) is 22.0 Å². The second-order valence-electron chi connectivity index (χ2n) is 8.89. The number of para-hydroxylation sites is 1. The quantitative estimate of drug-likeness (QED) is 0.242. The Morgan fingerprint density at radius 2 is 1.79 bits per heavy atom. The molecule has 0 saturated carbocycles. The third-order valence-corrected chi connectivity index (χ3v) is 6.32. The molecule has 0 aliphatic heterocycles. The van der Waals surface area contributed by atoms with E-state index < -0.39 is 24.5 Å². The third-order valence-electron chi connectivity index (χ3n) is 6.32. The molecule has 8 heteroatoms. The number of carboxylic acids is 1. The van der Waals surface area contributed by atoms with Crippen LogP contribution < -0.4 is 10.1 Å². The Hall–Kier alpha value is -4.43. The number of benzene rings is 3. The summed E-state index contributed by atoms with van der Waals surface area (Å²) >= 11 is 0. The van der Waals surface area contributed by atoms with Crippen molar-refractivity contribution in [1.29, 1.82) is 0 Å². The normalized spacial score (nSPS) is 12.1. The molecule has 1 amide bonds. The highest BCUT2D eigenvalue weighted by Gasteiger charge is 2.20. The number of aliphatic hydroxyl groups excluding tert-OH is 1. The molecule has 0 spiro atoms. The second kappa shape index (κ2) is 12.7. The predicted octanol–water partition coefficient (Wildman–Crippen LogP) is 4.41. The van der Waals surface area contributed by atoms with E-state index in [0.29, 0.717) is 5.52 Å². The van der Waals surface area contributed by atoms with Gasteiger partial charge in [0.25, 0.3) is 5.91 Å². The number of rotatable bonds is 12.